The zero-order chi connectivity index (χ0) is 19.5. The van der Waals surface area contributed by atoms with Crippen LogP contribution in [0.5, 0.6) is 0 Å². The van der Waals surface area contributed by atoms with E-state index in [9.17, 15) is 22.9 Å². The minimum Gasteiger partial charge on any atom is -0.351 e. The molecule has 0 spiro atoms. The number of hydrogen-bond acceptors (Lipinski definition) is 6. The Hall–Kier alpha value is -1.06. The quantitative estimate of drug-likeness (QED) is 0.654. The highest BCUT2D eigenvalue weighted by atomic mass is 35.5. The maximum Gasteiger partial charge on any atom is 0.364 e. The van der Waals surface area contributed by atoms with Crippen LogP contribution in [0.1, 0.15) is 32.9 Å². The molecular formula is C14H20ClF2N2O6P. The van der Waals surface area contributed by atoms with E-state index in [0.717, 1.165) is 10.8 Å². The van der Waals surface area contributed by atoms with Crippen molar-refractivity contribution >= 4 is 19.2 Å². The van der Waals surface area contributed by atoms with Crippen molar-refractivity contribution in [1.29, 1.82) is 0 Å². The molecule has 1 fully saturated rings. The van der Waals surface area contributed by atoms with Crippen LogP contribution in [0.2, 0.25) is 5.02 Å². The second kappa shape index (κ2) is 8.75. The van der Waals surface area contributed by atoms with E-state index < -0.39 is 49.7 Å². The van der Waals surface area contributed by atoms with Crippen molar-refractivity contribution in [3.8, 4) is 0 Å². The first kappa shape index (κ1) is 21.2. The van der Waals surface area contributed by atoms with Crippen LogP contribution in [-0.2, 0) is 18.3 Å². The van der Waals surface area contributed by atoms with Crippen LogP contribution in [0.4, 0.5) is 8.78 Å². The molecule has 0 radical (unpaired) electrons. The zero-order valence-corrected chi connectivity index (χ0v) is 15.8. The van der Waals surface area contributed by atoms with Gasteiger partial charge in [0.05, 0.1) is 19.3 Å². The van der Waals surface area contributed by atoms with Gasteiger partial charge in [-0.05, 0) is 13.8 Å². The summed E-state index contributed by atoms with van der Waals surface area (Å²) in [6.07, 6.45) is -3.76. The fourth-order valence-corrected chi connectivity index (χ4v) is 4.36. The number of aromatic amines is 1. The fourth-order valence-electron chi connectivity index (χ4n) is 2.62. The van der Waals surface area contributed by atoms with E-state index in [4.69, 9.17) is 25.4 Å². The van der Waals surface area contributed by atoms with E-state index >= 15 is 0 Å². The number of H-pyrrole nitrogens is 1. The first-order chi connectivity index (χ1) is 12.2. The Morgan fingerprint density at radius 3 is 2.62 bits per heavy atom. The average molecular weight is 417 g/mol. The van der Waals surface area contributed by atoms with E-state index in [-0.39, 0.29) is 24.7 Å². The Morgan fingerprint density at radius 2 is 2.04 bits per heavy atom. The van der Waals surface area contributed by atoms with Gasteiger partial charge in [0.25, 0.3) is 5.56 Å². The van der Waals surface area contributed by atoms with Crippen LogP contribution < -0.4 is 11.2 Å². The molecule has 12 heteroatoms. The SMILES string of the molecule is CCOP(=O)(OCC)C(F)C[C@H]1O[C@@H](n2cc(Cl)c(=O)[nH]c2=O)C[C@@H]1F. The van der Waals surface area contributed by atoms with E-state index in [1.165, 1.54) is 13.8 Å². The molecule has 1 aromatic rings. The first-order valence-electron chi connectivity index (χ1n) is 8.05. The van der Waals surface area contributed by atoms with Crippen LogP contribution in [0.15, 0.2) is 15.8 Å². The first-order valence-corrected chi connectivity index (χ1v) is 10.0. The van der Waals surface area contributed by atoms with Gasteiger partial charge in [0.1, 0.15) is 17.4 Å². The molecule has 0 bridgehead atoms. The number of hydrogen-bond donors (Lipinski definition) is 1. The van der Waals surface area contributed by atoms with Crippen LogP contribution in [0.3, 0.4) is 0 Å². The summed E-state index contributed by atoms with van der Waals surface area (Å²) in [5.74, 6) is -2.08. The summed E-state index contributed by atoms with van der Waals surface area (Å²) in [4.78, 5) is 25.1. The van der Waals surface area contributed by atoms with Crippen LogP contribution in [-0.4, -0.2) is 41.0 Å². The van der Waals surface area contributed by atoms with Gasteiger partial charge in [-0.15, -0.1) is 0 Å². The molecule has 0 amide bonds. The molecule has 0 saturated carbocycles. The van der Waals surface area contributed by atoms with Crippen molar-refractivity contribution < 1.29 is 27.1 Å². The van der Waals surface area contributed by atoms with E-state index in [1.807, 2.05) is 4.98 Å². The molecule has 8 nitrogen and oxygen atoms in total. The molecular weight excluding hydrogens is 397 g/mol. The Balaban J connectivity index is 2.14. The van der Waals surface area contributed by atoms with E-state index in [0.29, 0.717) is 0 Å². The zero-order valence-electron chi connectivity index (χ0n) is 14.2. The number of rotatable bonds is 8. The molecule has 0 aromatic carbocycles. The van der Waals surface area contributed by atoms with Crippen LogP contribution in [0.25, 0.3) is 0 Å². The molecule has 4 atom stereocenters. The molecule has 0 aliphatic carbocycles. The highest BCUT2D eigenvalue weighted by Gasteiger charge is 2.44. The number of nitrogens with zero attached hydrogens (tertiary/aromatic N) is 1. The second-order valence-corrected chi connectivity index (χ2v) is 8.13. The predicted molar refractivity (Wildman–Crippen MR) is 90.1 cm³/mol. The Labute approximate surface area is 152 Å². The third kappa shape index (κ3) is 4.61. The van der Waals surface area contributed by atoms with Gasteiger partial charge in [0.15, 0.2) is 0 Å². The lowest BCUT2D eigenvalue weighted by Crippen LogP contribution is -2.32. The summed E-state index contributed by atoms with van der Waals surface area (Å²) >= 11 is 5.67. The van der Waals surface area contributed by atoms with E-state index in [2.05, 4.69) is 0 Å². The van der Waals surface area contributed by atoms with E-state index in [1.54, 1.807) is 0 Å². The minimum absolute atomic E-state index is 0.0316. The molecule has 1 unspecified atom stereocenters. The molecule has 1 N–H and O–H groups in total. The number of aromatic nitrogens is 2. The predicted octanol–water partition coefficient (Wildman–Crippen LogP) is 2.77. The number of halogens is 3. The largest absolute Gasteiger partial charge is 0.364 e. The van der Waals surface area contributed by atoms with Gasteiger partial charge in [-0.25, -0.2) is 13.6 Å². The van der Waals surface area contributed by atoms with Crippen LogP contribution >= 0.6 is 19.2 Å². The minimum atomic E-state index is -4.06. The third-order valence-corrected chi connectivity index (χ3v) is 6.19. The monoisotopic (exact) mass is 416 g/mol. The highest BCUT2D eigenvalue weighted by Crippen LogP contribution is 2.56. The topological polar surface area (TPSA) is 99.6 Å². The van der Waals surface area contributed by atoms with Gasteiger partial charge in [0.2, 0.25) is 5.91 Å². The maximum absolute atomic E-state index is 14.5. The summed E-state index contributed by atoms with van der Waals surface area (Å²) in [7, 11) is -4.06. The Morgan fingerprint density at radius 1 is 1.42 bits per heavy atom. The van der Waals surface area contributed by atoms with Crippen molar-refractivity contribution in [3.05, 3.63) is 32.1 Å². The summed E-state index contributed by atoms with van der Waals surface area (Å²) in [5.41, 5.74) is -1.61. The van der Waals surface area contributed by atoms with Crippen LogP contribution in [0, 0.1) is 0 Å². The fraction of sp³-hybridized carbons (Fsp3) is 0.714. The van der Waals surface area contributed by atoms with Gasteiger partial charge in [-0.3, -0.25) is 18.9 Å². The Kier molecular flexibility index (Phi) is 7.15. The summed E-state index contributed by atoms with van der Waals surface area (Å²) in [5, 5.41) is -0.271. The van der Waals surface area contributed by atoms with Crippen molar-refractivity contribution in [1.82, 2.24) is 9.55 Å². The summed E-state index contributed by atoms with van der Waals surface area (Å²) < 4.78 is 57.3. The number of alkyl halides is 2. The maximum atomic E-state index is 14.5. The highest BCUT2D eigenvalue weighted by molar-refractivity contribution is 7.54. The summed E-state index contributed by atoms with van der Waals surface area (Å²) in [6, 6.07) is 0. The summed E-state index contributed by atoms with van der Waals surface area (Å²) in [6.45, 7) is 3.00. The van der Waals surface area contributed by atoms with Gasteiger partial charge < -0.3 is 13.8 Å². The molecule has 1 aromatic heterocycles. The lowest BCUT2D eigenvalue weighted by atomic mass is 10.1. The normalized spacial score (nSPS) is 24.7. The lowest BCUT2D eigenvalue weighted by Gasteiger charge is -2.23. The van der Waals surface area contributed by atoms with Gasteiger partial charge >= 0.3 is 13.3 Å². The van der Waals surface area contributed by atoms with Crippen molar-refractivity contribution in [3.63, 3.8) is 0 Å². The number of nitrogens with one attached hydrogen (secondary N) is 1. The second-order valence-electron chi connectivity index (χ2n) is 5.57. The molecule has 2 heterocycles. The average Bonchev–Trinajstić information content (AvgIpc) is 2.92. The van der Waals surface area contributed by atoms with Gasteiger partial charge in [0, 0.05) is 19.0 Å². The molecule has 2 rings (SSSR count). The third-order valence-electron chi connectivity index (χ3n) is 3.78. The molecule has 1 saturated heterocycles. The van der Waals surface area contributed by atoms with Gasteiger partial charge in [-0.2, -0.15) is 0 Å². The molecule has 1 aliphatic heterocycles. The van der Waals surface area contributed by atoms with Crippen molar-refractivity contribution in [2.75, 3.05) is 13.2 Å². The molecule has 26 heavy (non-hydrogen) atoms. The smallest absolute Gasteiger partial charge is 0.351 e. The molecule has 1 aliphatic rings. The van der Waals surface area contributed by atoms with Gasteiger partial charge in [-0.1, -0.05) is 11.6 Å². The lowest BCUT2D eigenvalue weighted by molar-refractivity contribution is -0.0209. The Bertz CT molecular complexity index is 777. The standard InChI is InChI=1S/C14H20ClF2N2O6P/c1-3-23-26(22,24-4-2)11(17)6-10-9(16)5-12(25-10)19-7-8(15)13(20)18-14(19)21/h7,9-12H,3-6H2,1-2H3,(H,18,20,21)/t9-,10+,11?,12+/m0/s1. The van der Waals surface area contributed by atoms with Crippen molar-refractivity contribution in [2.24, 2.45) is 0 Å². The van der Waals surface area contributed by atoms with Crippen molar-refractivity contribution in [2.45, 2.75) is 51.1 Å². The molecule has 148 valence electrons. The number of ether oxygens (including phenoxy) is 1.